The van der Waals surface area contributed by atoms with Crippen molar-refractivity contribution in [2.45, 2.75) is 25.5 Å². The Balaban J connectivity index is 2.84. The molecule has 0 saturated carbocycles. The second kappa shape index (κ2) is 5.37. The lowest BCUT2D eigenvalue weighted by atomic mass is 10.2. The molecular formula is C12H17NO2S. The molecule has 4 heteroatoms. The van der Waals surface area contributed by atoms with Gasteiger partial charge in [0.1, 0.15) is 21.9 Å². The summed E-state index contributed by atoms with van der Waals surface area (Å²) < 4.78 is 20.6. The molecule has 1 atom stereocenters. The van der Waals surface area contributed by atoms with E-state index in [9.17, 15) is 4.55 Å². The fourth-order valence-electron chi connectivity index (χ4n) is 1.04. The van der Waals surface area contributed by atoms with Gasteiger partial charge in [0.15, 0.2) is 0 Å². The van der Waals surface area contributed by atoms with Gasteiger partial charge in [-0.25, -0.2) is 0 Å². The summed E-state index contributed by atoms with van der Waals surface area (Å²) in [4.78, 5) is 0. The minimum Gasteiger partial charge on any atom is -0.591 e. The van der Waals surface area contributed by atoms with Gasteiger partial charge < -0.3 is 9.29 Å². The Bertz CT molecular complexity index is 372. The van der Waals surface area contributed by atoms with Crippen molar-refractivity contribution in [2.24, 2.45) is 4.40 Å². The number of benzene rings is 1. The van der Waals surface area contributed by atoms with E-state index < -0.39 is 11.4 Å². The van der Waals surface area contributed by atoms with E-state index in [1.165, 1.54) is 0 Å². The van der Waals surface area contributed by atoms with Crippen molar-refractivity contribution < 1.29 is 9.29 Å². The molecule has 0 fully saturated rings. The van der Waals surface area contributed by atoms with Crippen LogP contribution in [0.3, 0.4) is 0 Å². The molecule has 0 spiro atoms. The van der Waals surface area contributed by atoms with E-state index in [1.54, 1.807) is 13.3 Å². The van der Waals surface area contributed by atoms with Crippen LogP contribution in [0.4, 0.5) is 0 Å². The van der Waals surface area contributed by atoms with Crippen LogP contribution in [-0.2, 0) is 11.4 Å². The van der Waals surface area contributed by atoms with Crippen LogP contribution in [0.15, 0.2) is 28.7 Å². The summed E-state index contributed by atoms with van der Waals surface area (Å²) in [6.45, 7) is 5.67. The van der Waals surface area contributed by atoms with Gasteiger partial charge >= 0.3 is 0 Å². The molecule has 1 aromatic rings. The van der Waals surface area contributed by atoms with Crippen LogP contribution in [0, 0.1) is 0 Å². The first-order chi connectivity index (χ1) is 7.45. The van der Waals surface area contributed by atoms with E-state index in [0.717, 1.165) is 11.3 Å². The van der Waals surface area contributed by atoms with Crippen molar-refractivity contribution in [3.63, 3.8) is 0 Å². The summed E-state index contributed by atoms with van der Waals surface area (Å²) in [6, 6.07) is 7.50. The van der Waals surface area contributed by atoms with Crippen molar-refractivity contribution in [2.75, 3.05) is 7.11 Å². The molecule has 3 nitrogen and oxygen atoms in total. The summed E-state index contributed by atoms with van der Waals surface area (Å²) in [6.07, 6.45) is 1.60. The highest BCUT2D eigenvalue weighted by molar-refractivity contribution is 7.91. The molecule has 1 rings (SSSR count). The Labute approximate surface area is 99.9 Å². The van der Waals surface area contributed by atoms with Crippen LogP contribution in [0.5, 0.6) is 5.75 Å². The molecule has 16 heavy (non-hydrogen) atoms. The van der Waals surface area contributed by atoms with E-state index in [-0.39, 0.29) is 4.75 Å². The molecular weight excluding hydrogens is 222 g/mol. The highest BCUT2D eigenvalue weighted by Crippen LogP contribution is 2.19. The lowest BCUT2D eigenvalue weighted by Crippen LogP contribution is -2.25. The maximum atomic E-state index is 11.7. The number of hydrogen-bond donors (Lipinski definition) is 0. The lowest BCUT2D eigenvalue weighted by Gasteiger charge is -2.17. The Kier molecular flexibility index (Phi) is 4.38. The highest BCUT2D eigenvalue weighted by Gasteiger charge is 2.25. The SMILES string of the molecule is COc1ccccc1C=N[S+]([O-])C(C)(C)C. The highest BCUT2D eigenvalue weighted by atomic mass is 32.2. The first-order valence-corrected chi connectivity index (χ1v) is 6.15. The quantitative estimate of drug-likeness (QED) is 0.601. The number of para-hydroxylation sites is 1. The average Bonchev–Trinajstić information content (AvgIpc) is 2.24. The molecule has 1 aromatic carbocycles. The Hall–Kier alpha value is -1.00. The zero-order valence-corrected chi connectivity index (χ0v) is 10.9. The summed E-state index contributed by atoms with van der Waals surface area (Å²) in [5, 5.41) is 0. The van der Waals surface area contributed by atoms with E-state index in [4.69, 9.17) is 4.74 Å². The molecule has 0 bridgehead atoms. The number of rotatable bonds is 3. The van der Waals surface area contributed by atoms with Crippen LogP contribution in [-0.4, -0.2) is 22.6 Å². The third kappa shape index (κ3) is 3.54. The van der Waals surface area contributed by atoms with Crippen molar-refractivity contribution in [1.82, 2.24) is 0 Å². The van der Waals surface area contributed by atoms with E-state index in [0.29, 0.717) is 0 Å². The Morgan fingerprint density at radius 3 is 2.50 bits per heavy atom. The molecule has 0 amide bonds. The smallest absolute Gasteiger partial charge is 0.144 e. The molecule has 0 saturated heterocycles. The zero-order chi connectivity index (χ0) is 12.2. The van der Waals surface area contributed by atoms with Crippen LogP contribution >= 0.6 is 0 Å². The lowest BCUT2D eigenvalue weighted by molar-refractivity contribution is 0.414. The molecule has 0 aliphatic heterocycles. The van der Waals surface area contributed by atoms with E-state index in [1.807, 2.05) is 45.0 Å². The first-order valence-electron chi connectivity index (χ1n) is 5.04. The fraction of sp³-hybridized carbons (Fsp3) is 0.417. The predicted molar refractivity (Wildman–Crippen MR) is 68.5 cm³/mol. The largest absolute Gasteiger partial charge is 0.591 e. The normalized spacial score (nSPS) is 14.1. The minimum absolute atomic E-state index is 0.335. The van der Waals surface area contributed by atoms with E-state index >= 15 is 0 Å². The molecule has 0 aromatic heterocycles. The van der Waals surface area contributed by atoms with Gasteiger partial charge in [-0.3, -0.25) is 0 Å². The number of nitrogens with zero attached hydrogens (tertiary/aromatic N) is 1. The molecule has 0 radical (unpaired) electrons. The third-order valence-electron chi connectivity index (χ3n) is 1.95. The van der Waals surface area contributed by atoms with Crippen molar-refractivity contribution >= 4 is 17.6 Å². The minimum atomic E-state index is -1.23. The van der Waals surface area contributed by atoms with Crippen molar-refractivity contribution in [3.05, 3.63) is 29.8 Å². The molecule has 0 aliphatic rings. The van der Waals surface area contributed by atoms with Gasteiger partial charge in [0.2, 0.25) is 0 Å². The van der Waals surface area contributed by atoms with Crippen LogP contribution in [0.25, 0.3) is 0 Å². The molecule has 0 aliphatic carbocycles. The van der Waals surface area contributed by atoms with Gasteiger partial charge in [-0.15, -0.1) is 0 Å². The molecule has 0 N–H and O–H groups in total. The first kappa shape index (κ1) is 13.1. The second-order valence-corrected chi connectivity index (χ2v) is 6.27. The predicted octanol–water partition coefficient (Wildman–Crippen LogP) is 2.58. The van der Waals surface area contributed by atoms with Crippen molar-refractivity contribution in [3.8, 4) is 5.75 Å². The van der Waals surface area contributed by atoms with Crippen LogP contribution < -0.4 is 4.74 Å². The summed E-state index contributed by atoms with van der Waals surface area (Å²) in [5.41, 5.74) is 0.836. The topological polar surface area (TPSA) is 44.6 Å². The van der Waals surface area contributed by atoms with Crippen LogP contribution in [0.2, 0.25) is 0 Å². The van der Waals surface area contributed by atoms with Gasteiger partial charge in [-0.2, -0.15) is 0 Å². The van der Waals surface area contributed by atoms with Gasteiger partial charge in [-0.1, -0.05) is 16.5 Å². The number of ether oxygens (including phenoxy) is 1. The fourth-order valence-corrected chi connectivity index (χ4v) is 1.56. The van der Waals surface area contributed by atoms with Gasteiger partial charge in [0.05, 0.1) is 13.3 Å². The van der Waals surface area contributed by atoms with Gasteiger partial charge in [0.25, 0.3) is 0 Å². The molecule has 1 unspecified atom stereocenters. The molecule has 88 valence electrons. The standard InChI is InChI=1S/C12H17NO2S/c1-12(2,3)16(14)13-9-10-7-5-6-8-11(10)15-4/h5-9H,1-4H3. The number of hydrogen-bond acceptors (Lipinski definition) is 3. The van der Waals surface area contributed by atoms with Gasteiger partial charge in [-0.05, 0) is 32.9 Å². The Morgan fingerprint density at radius 2 is 1.94 bits per heavy atom. The van der Waals surface area contributed by atoms with Gasteiger partial charge in [0, 0.05) is 5.56 Å². The maximum absolute atomic E-state index is 11.7. The summed E-state index contributed by atoms with van der Waals surface area (Å²) in [5.74, 6) is 0.733. The monoisotopic (exact) mass is 239 g/mol. The van der Waals surface area contributed by atoms with Crippen LogP contribution in [0.1, 0.15) is 26.3 Å². The van der Waals surface area contributed by atoms with E-state index in [2.05, 4.69) is 4.40 Å². The van der Waals surface area contributed by atoms with Crippen molar-refractivity contribution in [1.29, 1.82) is 0 Å². The summed E-state index contributed by atoms with van der Waals surface area (Å²) in [7, 11) is 1.60. The summed E-state index contributed by atoms with van der Waals surface area (Å²) >= 11 is -1.23. The Morgan fingerprint density at radius 1 is 1.31 bits per heavy atom. The zero-order valence-electron chi connectivity index (χ0n) is 10.1. The average molecular weight is 239 g/mol. The molecule has 0 heterocycles. The maximum Gasteiger partial charge on any atom is 0.144 e. The number of methoxy groups -OCH3 is 1. The second-order valence-electron chi connectivity index (χ2n) is 4.34. The third-order valence-corrected chi connectivity index (χ3v) is 3.29.